The Labute approximate surface area is 179 Å². The van der Waals surface area contributed by atoms with Crippen molar-refractivity contribution in [3.63, 3.8) is 0 Å². The number of sulfonamides is 1. The molecule has 2 N–H and O–H groups in total. The molecule has 0 aromatic heterocycles. The Balaban J connectivity index is 0.00000364. The molecule has 0 radical (unpaired) electrons. The number of aliphatic imine (C=N–C) groups is 1. The molecule has 2 aliphatic heterocycles. The first-order chi connectivity index (χ1) is 12.3. The first kappa shape index (κ1) is 24.4. The molecule has 2 fully saturated rings. The molecule has 0 aliphatic carbocycles. The fourth-order valence-corrected chi connectivity index (χ4v) is 4.32. The van der Waals surface area contributed by atoms with Gasteiger partial charge in [0, 0.05) is 52.5 Å². The minimum absolute atomic E-state index is 0. The molecule has 0 bridgehead atoms. The molecule has 9 nitrogen and oxygen atoms in total. The number of carbonyl (C=O) groups is 1. The molecule has 1 amide bonds. The Bertz CT molecular complexity index is 608. The summed E-state index contributed by atoms with van der Waals surface area (Å²) < 4.78 is 30.7. The number of guanidine groups is 1. The number of carbonyl (C=O) groups excluding carboxylic acids is 1. The number of ether oxygens (including phenoxy) is 1. The van der Waals surface area contributed by atoms with Crippen LogP contribution in [-0.2, 0) is 19.6 Å². The predicted molar refractivity (Wildman–Crippen MR) is 116 cm³/mol. The fourth-order valence-electron chi connectivity index (χ4n) is 3.14. The molecule has 1 atom stereocenters. The van der Waals surface area contributed by atoms with E-state index in [-0.39, 0.29) is 48.5 Å². The molecule has 0 aromatic rings. The van der Waals surface area contributed by atoms with Crippen LogP contribution >= 0.6 is 24.0 Å². The van der Waals surface area contributed by atoms with Crippen LogP contribution in [-0.4, -0.2) is 94.8 Å². The minimum Gasteiger partial charge on any atom is -0.381 e. The lowest BCUT2D eigenvalue weighted by molar-refractivity contribution is -0.127. The van der Waals surface area contributed by atoms with Crippen LogP contribution in [0.4, 0.5) is 0 Å². The zero-order valence-corrected chi connectivity index (χ0v) is 19.5. The van der Waals surface area contributed by atoms with Gasteiger partial charge in [0.2, 0.25) is 15.9 Å². The molecule has 158 valence electrons. The highest BCUT2D eigenvalue weighted by Crippen LogP contribution is 2.19. The van der Waals surface area contributed by atoms with Crippen LogP contribution in [0.2, 0.25) is 0 Å². The number of hydrogen-bond donors (Lipinski definition) is 2. The Kier molecular flexibility index (Phi) is 10.3. The normalized spacial score (nSPS) is 22.2. The molecule has 0 unspecified atom stereocenters. The molecule has 0 spiro atoms. The largest absolute Gasteiger partial charge is 0.381 e. The van der Waals surface area contributed by atoms with Gasteiger partial charge in [-0.15, -0.1) is 24.0 Å². The quantitative estimate of drug-likeness (QED) is 0.288. The molecule has 2 heterocycles. The van der Waals surface area contributed by atoms with Crippen LogP contribution in [0.3, 0.4) is 0 Å². The van der Waals surface area contributed by atoms with Crippen molar-refractivity contribution in [3.05, 3.63) is 0 Å². The maximum Gasteiger partial charge on any atom is 0.243 e. The minimum atomic E-state index is -3.21. The summed E-state index contributed by atoms with van der Waals surface area (Å²) in [5.74, 6) is 0.462. The van der Waals surface area contributed by atoms with Gasteiger partial charge in [-0.1, -0.05) is 0 Å². The van der Waals surface area contributed by atoms with E-state index in [2.05, 4.69) is 15.6 Å². The zero-order chi connectivity index (χ0) is 19.2. The van der Waals surface area contributed by atoms with E-state index in [9.17, 15) is 13.2 Å². The number of hydrogen-bond acceptors (Lipinski definition) is 5. The number of nitrogens with one attached hydrogen (secondary N) is 2. The third kappa shape index (κ3) is 8.08. The van der Waals surface area contributed by atoms with Gasteiger partial charge in [0.25, 0.3) is 0 Å². The van der Waals surface area contributed by atoms with Crippen molar-refractivity contribution in [2.45, 2.75) is 37.8 Å². The number of halogens is 1. The van der Waals surface area contributed by atoms with E-state index >= 15 is 0 Å². The van der Waals surface area contributed by atoms with E-state index in [1.807, 2.05) is 0 Å². The molecule has 2 aliphatic rings. The second kappa shape index (κ2) is 11.4. The second-order valence-corrected chi connectivity index (χ2v) is 8.97. The predicted octanol–water partition coefficient (Wildman–Crippen LogP) is -0.169. The molecule has 27 heavy (non-hydrogen) atoms. The lowest BCUT2D eigenvalue weighted by Gasteiger charge is -2.27. The number of rotatable bonds is 6. The Morgan fingerprint density at radius 1 is 1.26 bits per heavy atom. The SMILES string of the molecule is CN(C)C(=O)CN=C(NC[C@H]1CCCN1S(C)(=O)=O)NC1CCOCC1.I. The molecule has 2 rings (SSSR count). The summed E-state index contributed by atoms with van der Waals surface area (Å²) in [6, 6.07) is 0.148. The molecular formula is C16H32IN5O4S. The summed E-state index contributed by atoms with van der Waals surface area (Å²) in [4.78, 5) is 17.7. The van der Waals surface area contributed by atoms with Gasteiger partial charge >= 0.3 is 0 Å². The molecular weight excluding hydrogens is 485 g/mol. The summed E-state index contributed by atoms with van der Waals surface area (Å²) in [7, 11) is 0.180. The number of nitrogens with zero attached hydrogens (tertiary/aromatic N) is 3. The fraction of sp³-hybridized carbons (Fsp3) is 0.875. The van der Waals surface area contributed by atoms with Gasteiger partial charge < -0.3 is 20.3 Å². The highest BCUT2D eigenvalue weighted by molar-refractivity contribution is 14.0. The van der Waals surface area contributed by atoms with Gasteiger partial charge in [-0.3, -0.25) is 4.79 Å². The van der Waals surface area contributed by atoms with Crippen molar-refractivity contribution in [1.29, 1.82) is 0 Å². The first-order valence-corrected chi connectivity index (χ1v) is 10.9. The van der Waals surface area contributed by atoms with Gasteiger partial charge in [0.1, 0.15) is 6.54 Å². The average molecular weight is 517 g/mol. The van der Waals surface area contributed by atoms with E-state index in [1.165, 1.54) is 15.5 Å². The Morgan fingerprint density at radius 3 is 2.52 bits per heavy atom. The molecule has 11 heteroatoms. The third-order valence-electron chi connectivity index (χ3n) is 4.69. The van der Waals surface area contributed by atoms with Crippen molar-refractivity contribution < 1.29 is 17.9 Å². The topological polar surface area (TPSA) is 103 Å². The molecule has 2 saturated heterocycles. The van der Waals surface area contributed by atoms with Crippen molar-refractivity contribution in [1.82, 2.24) is 19.8 Å². The lowest BCUT2D eigenvalue weighted by Crippen LogP contribution is -2.50. The van der Waals surface area contributed by atoms with E-state index in [0.717, 1.165) is 25.7 Å². The van der Waals surface area contributed by atoms with E-state index in [1.54, 1.807) is 14.1 Å². The standard InChI is InChI=1S/C16H31N5O4S.HI/c1-20(2)15(22)12-18-16(19-13-6-9-25-10-7-13)17-11-14-5-4-8-21(14)26(3,23)24;/h13-14H,4-12H2,1-3H3,(H2,17,18,19);1H/t14-;/m1./s1. The number of likely N-dealkylation sites (N-methyl/N-ethyl adjacent to an activating group) is 1. The van der Waals surface area contributed by atoms with Crippen molar-refractivity contribution in [2.75, 3.05) is 53.2 Å². The zero-order valence-electron chi connectivity index (χ0n) is 16.3. The van der Waals surface area contributed by atoms with Gasteiger partial charge in [-0.2, -0.15) is 4.31 Å². The van der Waals surface area contributed by atoms with Crippen LogP contribution < -0.4 is 10.6 Å². The van der Waals surface area contributed by atoms with Gasteiger partial charge in [-0.05, 0) is 25.7 Å². The average Bonchev–Trinajstić information content (AvgIpc) is 3.06. The third-order valence-corrected chi connectivity index (χ3v) is 6.02. The maximum absolute atomic E-state index is 11.9. The smallest absolute Gasteiger partial charge is 0.243 e. The first-order valence-electron chi connectivity index (χ1n) is 9.07. The highest BCUT2D eigenvalue weighted by Gasteiger charge is 2.31. The molecule has 0 saturated carbocycles. The Morgan fingerprint density at radius 2 is 1.93 bits per heavy atom. The summed E-state index contributed by atoms with van der Waals surface area (Å²) in [6.45, 7) is 2.48. The summed E-state index contributed by atoms with van der Waals surface area (Å²) >= 11 is 0. The van der Waals surface area contributed by atoms with Gasteiger partial charge in [-0.25, -0.2) is 13.4 Å². The highest BCUT2D eigenvalue weighted by atomic mass is 127. The van der Waals surface area contributed by atoms with E-state index in [4.69, 9.17) is 4.74 Å². The van der Waals surface area contributed by atoms with E-state index < -0.39 is 10.0 Å². The van der Waals surface area contributed by atoms with Crippen molar-refractivity contribution >= 4 is 45.9 Å². The van der Waals surface area contributed by atoms with Gasteiger partial charge in [0.05, 0.1) is 6.26 Å². The second-order valence-electron chi connectivity index (χ2n) is 7.03. The van der Waals surface area contributed by atoms with E-state index in [0.29, 0.717) is 32.3 Å². The number of amides is 1. The van der Waals surface area contributed by atoms with Crippen LogP contribution in [0.15, 0.2) is 4.99 Å². The van der Waals surface area contributed by atoms with Crippen LogP contribution in [0.1, 0.15) is 25.7 Å². The summed E-state index contributed by atoms with van der Waals surface area (Å²) in [6.07, 6.45) is 4.68. The monoisotopic (exact) mass is 517 g/mol. The van der Waals surface area contributed by atoms with Crippen LogP contribution in [0, 0.1) is 0 Å². The van der Waals surface area contributed by atoms with Crippen LogP contribution in [0.5, 0.6) is 0 Å². The summed E-state index contributed by atoms with van der Waals surface area (Å²) in [5.41, 5.74) is 0. The van der Waals surface area contributed by atoms with Gasteiger partial charge in [0.15, 0.2) is 5.96 Å². The molecule has 0 aromatic carbocycles. The summed E-state index contributed by atoms with van der Waals surface area (Å²) in [5, 5.41) is 6.57. The Hall–Kier alpha value is -0.660. The van der Waals surface area contributed by atoms with Crippen LogP contribution in [0.25, 0.3) is 0 Å². The van der Waals surface area contributed by atoms with Crippen molar-refractivity contribution in [3.8, 4) is 0 Å². The lowest BCUT2D eigenvalue weighted by atomic mass is 10.1. The maximum atomic E-state index is 11.9. The van der Waals surface area contributed by atoms with Crippen molar-refractivity contribution in [2.24, 2.45) is 4.99 Å².